The fourth-order valence-corrected chi connectivity index (χ4v) is 3.27. The fourth-order valence-electron chi connectivity index (χ4n) is 2.46. The molecular formula is C16H13N5OS. The summed E-state index contributed by atoms with van der Waals surface area (Å²) < 4.78 is 0. The summed E-state index contributed by atoms with van der Waals surface area (Å²) in [5, 5.41) is 23.5. The Balaban J connectivity index is 1.63. The molecule has 0 spiro atoms. The van der Waals surface area contributed by atoms with Gasteiger partial charge in [0.05, 0.1) is 16.5 Å². The summed E-state index contributed by atoms with van der Waals surface area (Å²) in [6.07, 6.45) is 4.92. The summed E-state index contributed by atoms with van der Waals surface area (Å²) in [5.74, 6) is -0.136. The molecule has 1 heterocycles. The molecule has 0 radical (unpaired) electrons. The monoisotopic (exact) mass is 323 g/mol. The number of amides is 1. The van der Waals surface area contributed by atoms with E-state index in [-0.39, 0.29) is 17.9 Å². The van der Waals surface area contributed by atoms with Crippen molar-refractivity contribution in [3.63, 3.8) is 0 Å². The number of thiazole rings is 1. The molecule has 0 unspecified atom stereocenters. The van der Waals surface area contributed by atoms with E-state index in [9.17, 15) is 4.79 Å². The van der Waals surface area contributed by atoms with Crippen molar-refractivity contribution in [1.82, 2.24) is 10.3 Å². The van der Waals surface area contributed by atoms with E-state index < -0.39 is 0 Å². The molecule has 1 aromatic heterocycles. The van der Waals surface area contributed by atoms with Gasteiger partial charge >= 0.3 is 0 Å². The maximum Gasteiger partial charge on any atom is 0.229 e. The molecule has 6 nitrogen and oxygen atoms in total. The molecule has 23 heavy (non-hydrogen) atoms. The highest BCUT2D eigenvalue weighted by Crippen LogP contribution is 2.32. The van der Waals surface area contributed by atoms with Crippen molar-refractivity contribution in [2.24, 2.45) is 5.92 Å². The minimum absolute atomic E-state index is 0.0623. The van der Waals surface area contributed by atoms with Gasteiger partial charge in [0.2, 0.25) is 5.91 Å². The number of nitrogens with one attached hydrogen (secondary N) is 2. The third-order valence-corrected chi connectivity index (χ3v) is 4.75. The zero-order valence-corrected chi connectivity index (χ0v) is 12.9. The first-order valence-corrected chi connectivity index (χ1v) is 7.93. The molecule has 1 aliphatic rings. The van der Waals surface area contributed by atoms with E-state index in [0.717, 1.165) is 10.4 Å². The molecule has 0 aliphatic heterocycles. The van der Waals surface area contributed by atoms with Crippen LogP contribution in [0.4, 0.5) is 5.13 Å². The van der Waals surface area contributed by atoms with Crippen LogP contribution in [0.15, 0.2) is 30.5 Å². The maximum atomic E-state index is 12.1. The Labute approximate surface area is 137 Å². The number of carbonyl (C=O) groups excluding carboxylic acids is 1. The Bertz CT molecular complexity index is 810. The van der Waals surface area contributed by atoms with Crippen molar-refractivity contribution >= 4 is 22.4 Å². The molecule has 1 aliphatic carbocycles. The normalized spacial score (nSPS) is 19.0. The van der Waals surface area contributed by atoms with Crippen LogP contribution in [0.1, 0.15) is 18.4 Å². The SMILES string of the molecule is N#CNC1CC(C(=O)Nc2ncc(-c3cccc(C#N)c3)s2)C1. The van der Waals surface area contributed by atoms with E-state index in [4.69, 9.17) is 10.5 Å². The number of hydrogen-bond acceptors (Lipinski definition) is 6. The largest absolute Gasteiger partial charge is 0.321 e. The zero-order valence-electron chi connectivity index (χ0n) is 12.1. The Kier molecular flexibility index (Phi) is 4.22. The number of benzene rings is 1. The first kappa shape index (κ1) is 15.0. The van der Waals surface area contributed by atoms with E-state index >= 15 is 0 Å². The second-order valence-corrected chi connectivity index (χ2v) is 6.36. The second-order valence-electron chi connectivity index (χ2n) is 5.33. The number of aromatic nitrogens is 1. The number of rotatable bonds is 4. The molecule has 0 bridgehead atoms. The van der Waals surface area contributed by atoms with Crippen molar-refractivity contribution in [2.45, 2.75) is 18.9 Å². The van der Waals surface area contributed by atoms with Gasteiger partial charge in [0.15, 0.2) is 11.3 Å². The van der Waals surface area contributed by atoms with Crippen molar-refractivity contribution in [1.29, 1.82) is 10.5 Å². The van der Waals surface area contributed by atoms with Crippen molar-refractivity contribution in [3.05, 3.63) is 36.0 Å². The van der Waals surface area contributed by atoms with Crippen LogP contribution in [0.5, 0.6) is 0 Å². The van der Waals surface area contributed by atoms with Crippen LogP contribution < -0.4 is 10.6 Å². The van der Waals surface area contributed by atoms with E-state index in [1.165, 1.54) is 11.3 Å². The molecule has 1 aromatic carbocycles. The molecule has 2 N–H and O–H groups in total. The van der Waals surface area contributed by atoms with Crippen LogP contribution in [0.25, 0.3) is 10.4 Å². The molecular weight excluding hydrogens is 310 g/mol. The van der Waals surface area contributed by atoms with Crippen LogP contribution in [-0.2, 0) is 4.79 Å². The summed E-state index contributed by atoms with van der Waals surface area (Å²) >= 11 is 1.38. The van der Waals surface area contributed by atoms with Gasteiger partial charge in [-0.2, -0.15) is 10.5 Å². The van der Waals surface area contributed by atoms with Crippen molar-refractivity contribution < 1.29 is 4.79 Å². The van der Waals surface area contributed by atoms with E-state index in [0.29, 0.717) is 23.5 Å². The fraction of sp³-hybridized carbons (Fsp3) is 0.250. The molecule has 1 saturated carbocycles. The second kappa shape index (κ2) is 6.47. The molecule has 114 valence electrons. The van der Waals surface area contributed by atoms with Crippen LogP contribution >= 0.6 is 11.3 Å². The highest BCUT2D eigenvalue weighted by atomic mass is 32.1. The van der Waals surface area contributed by atoms with E-state index in [1.54, 1.807) is 18.3 Å². The quantitative estimate of drug-likeness (QED) is 0.665. The van der Waals surface area contributed by atoms with Gasteiger partial charge in [0.25, 0.3) is 0 Å². The average Bonchev–Trinajstić information content (AvgIpc) is 2.99. The number of hydrogen-bond donors (Lipinski definition) is 2. The van der Waals surface area contributed by atoms with Gasteiger partial charge in [-0.3, -0.25) is 4.79 Å². The number of nitriles is 2. The van der Waals surface area contributed by atoms with Crippen molar-refractivity contribution in [3.8, 4) is 22.7 Å². The van der Waals surface area contributed by atoms with Crippen molar-refractivity contribution in [2.75, 3.05) is 5.32 Å². The average molecular weight is 323 g/mol. The van der Waals surface area contributed by atoms with Gasteiger partial charge in [-0.15, -0.1) is 0 Å². The predicted molar refractivity (Wildman–Crippen MR) is 86.2 cm³/mol. The van der Waals surface area contributed by atoms with Gasteiger partial charge in [-0.05, 0) is 30.5 Å². The van der Waals surface area contributed by atoms with Gasteiger partial charge in [0, 0.05) is 18.2 Å². The lowest BCUT2D eigenvalue weighted by molar-refractivity contribution is -0.122. The standard InChI is InChI=1S/C16H13N5OS/c17-7-10-2-1-3-11(4-10)14-8-19-16(23-14)21-15(22)12-5-13(6-12)20-9-18/h1-4,8,12-13,20H,5-6H2,(H,19,21,22). The molecule has 3 rings (SSSR count). The van der Waals surface area contributed by atoms with E-state index in [2.05, 4.69) is 21.7 Å². The van der Waals surface area contributed by atoms with Gasteiger partial charge < -0.3 is 10.6 Å². The molecule has 1 amide bonds. The molecule has 1 fully saturated rings. The first-order valence-electron chi connectivity index (χ1n) is 7.11. The zero-order chi connectivity index (χ0) is 16.2. The lowest BCUT2D eigenvalue weighted by Gasteiger charge is -2.32. The summed E-state index contributed by atoms with van der Waals surface area (Å²) in [4.78, 5) is 17.2. The van der Waals surface area contributed by atoms with E-state index in [1.807, 2.05) is 18.3 Å². The van der Waals surface area contributed by atoms with Gasteiger partial charge in [0.1, 0.15) is 0 Å². The highest BCUT2D eigenvalue weighted by Gasteiger charge is 2.34. The van der Waals surface area contributed by atoms with Crippen LogP contribution in [0.3, 0.4) is 0 Å². The molecule has 0 atom stereocenters. The summed E-state index contributed by atoms with van der Waals surface area (Å²) in [7, 11) is 0. The van der Waals surface area contributed by atoms with Crippen LogP contribution in [0.2, 0.25) is 0 Å². The predicted octanol–water partition coefficient (Wildman–Crippen LogP) is 2.47. The summed E-state index contributed by atoms with van der Waals surface area (Å²) in [5.41, 5.74) is 1.50. The Morgan fingerprint density at radius 1 is 1.35 bits per heavy atom. The Morgan fingerprint density at radius 3 is 2.91 bits per heavy atom. The minimum atomic E-state index is -0.0740. The number of carbonyl (C=O) groups is 1. The third kappa shape index (κ3) is 3.31. The lowest BCUT2D eigenvalue weighted by atomic mass is 9.80. The van der Waals surface area contributed by atoms with Gasteiger partial charge in [-0.25, -0.2) is 4.98 Å². The lowest BCUT2D eigenvalue weighted by Crippen LogP contribution is -2.44. The highest BCUT2D eigenvalue weighted by molar-refractivity contribution is 7.19. The number of anilines is 1. The third-order valence-electron chi connectivity index (χ3n) is 3.79. The smallest absolute Gasteiger partial charge is 0.229 e. The summed E-state index contributed by atoms with van der Waals surface area (Å²) in [6, 6.07) is 9.48. The molecule has 7 heteroatoms. The summed E-state index contributed by atoms with van der Waals surface area (Å²) in [6.45, 7) is 0. The van der Waals surface area contributed by atoms with Crippen LogP contribution in [0, 0.1) is 28.7 Å². The maximum absolute atomic E-state index is 12.1. The first-order chi connectivity index (χ1) is 11.2. The minimum Gasteiger partial charge on any atom is -0.321 e. The number of nitrogens with zero attached hydrogens (tertiary/aromatic N) is 3. The molecule has 2 aromatic rings. The van der Waals surface area contributed by atoms with Gasteiger partial charge in [-0.1, -0.05) is 23.5 Å². The van der Waals surface area contributed by atoms with Crippen LogP contribution in [-0.4, -0.2) is 16.9 Å². The Hall–Kier alpha value is -2.90. The topological polar surface area (TPSA) is 102 Å². The Morgan fingerprint density at radius 2 is 2.17 bits per heavy atom. The molecule has 0 saturated heterocycles.